The van der Waals surface area contributed by atoms with Gasteiger partial charge < -0.3 is 20.1 Å². The molecule has 1 aromatic rings. The van der Waals surface area contributed by atoms with E-state index in [1.54, 1.807) is 26.0 Å². The standard InChI is InChI=1S/C18H22N2O5/c1-4-12-6-8-13(9-7-12)16(21)25-10-14-15(17(22)24-5-2)11(3)19-18(23)20-14/h6-9,11H,4-5,10H2,1-3H3,(H2,19,20,23)/t11-/m0/s1. The van der Waals surface area contributed by atoms with Crippen molar-refractivity contribution >= 4 is 18.0 Å². The van der Waals surface area contributed by atoms with E-state index in [-0.39, 0.29) is 24.5 Å². The molecule has 1 atom stereocenters. The van der Waals surface area contributed by atoms with Crippen molar-refractivity contribution in [3.63, 3.8) is 0 Å². The Morgan fingerprint density at radius 2 is 1.76 bits per heavy atom. The zero-order valence-corrected chi connectivity index (χ0v) is 14.5. The third kappa shape index (κ3) is 4.59. The molecular weight excluding hydrogens is 324 g/mol. The Morgan fingerprint density at radius 1 is 1.08 bits per heavy atom. The van der Waals surface area contributed by atoms with Crippen molar-refractivity contribution in [2.24, 2.45) is 0 Å². The smallest absolute Gasteiger partial charge is 0.338 e. The highest BCUT2D eigenvalue weighted by atomic mass is 16.5. The summed E-state index contributed by atoms with van der Waals surface area (Å²) in [6.07, 6.45) is 0.877. The van der Waals surface area contributed by atoms with E-state index in [2.05, 4.69) is 10.6 Å². The van der Waals surface area contributed by atoms with Crippen molar-refractivity contribution in [3.8, 4) is 0 Å². The van der Waals surface area contributed by atoms with Gasteiger partial charge in [-0.3, -0.25) is 0 Å². The fraction of sp³-hybridized carbons (Fsp3) is 0.389. The Morgan fingerprint density at radius 3 is 2.36 bits per heavy atom. The van der Waals surface area contributed by atoms with E-state index >= 15 is 0 Å². The number of rotatable bonds is 6. The van der Waals surface area contributed by atoms with Crippen molar-refractivity contribution in [2.75, 3.05) is 13.2 Å². The number of aryl methyl sites for hydroxylation is 1. The molecule has 7 heteroatoms. The highest BCUT2D eigenvalue weighted by molar-refractivity contribution is 5.95. The second kappa shape index (κ2) is 8.32. The van der Waals surface area contributed by atoms with Gasteiger partial charge in [0.25, 0.3) is 0 Å². The first-order valence-corrected chi connectivity index (χ1v) is 8.20. The molecule has 0 unspecified atom stereocenters. The van der Waals surface area contributed by atoms with Crippen LogP contribution in [0.15, 0.2) is 35.5 Å². The van der Waals surface area contributed by atoms with Gasteiger partial charge in [-0.1, -0.05) is 19.1 Å². The van der Waals surface area contributed by atoms with Gasteiger partial charge in [0.05, 0.1) is 29.5 Å². The number of hydrogen-bond donors (Lipinski definition) is 2. The molecule has 0 bridgehead atoms. The Bertz CT molecular complexity index is 694. The molecule has 25 heavy (non-hydrogen) atoms. The Balaban J connectivity index is 2.13. The van der Waals surface area contributed by atoms with Crippen molar-refractivity contribution < 1.29 is 23.9 Å². The number of benzene rings is 1. The maximum atomic E-state index is 12.2. The SMILES string of the molecule is CCOC(=O)C1=C(COC(=O)c2ccc(CC)cc2)NC(=O)N[C@H]1C. The summed E-state index contributed by atoms with van der Waals surface area (Å²) in [6, 6.07) is 6.09. The van der Waals surface area contributed by atoms with Gasteiger partial charge in [-0.25, -0.2) is 14.4 Å². The predicted octanol–water partition coefficient (Wildman–Crippen LogP) is 1.92. The average molecular weight is 346 g/mol. The van der Waals surface area contributed by atoms with Gasteiger partial charge in [-0.05, 0) is 38.0 Å². The van der Waals surface area contributed by atoms with Crippen molar-refractivity contribution in [2.45, 2.75) is 33.2 Å². The number of urea groups is 1. The van der Waals surface area contributed by atoms with E-state index in [4.69, 9.17) is 9.47 Å². The second-order valence-electron chi connectivity index (χ2n) is 5.56. The molecule has 1 aliphatic rings. The van der Waals surface area contributed by atoms with E-state index in [1.807, 2.05) is 19.1 Å². The molecule has 0 aromatic heterocycles. The molecule has 0 aliphatic carbocycles. The lowest BCUT2D eigenvalue weighted by atomic mass is 10.0. The lowest BCUT2D eigenvalue weighted by Gasteiger charge is -2.26. The summed E-state index contributed by atoms with van der Waals surface area (Å²) in [5.74, 6) is -1.08. The van der Waals surface area contributed by atoms with Gasteiger partial charge in [0.2, 0.25) is 0 Å². The zero-order valence-electron chi connectivity index (χ0n) is 14.5. The minimum Gasteiger partial charge on any atom is -0.463 e. The number of hydrogen-bond acceptors (Lipinski definition) is 5. The first kappa shape index (κ1) is 18.5. The molecule has 0 radical (unpaired) electrons. The van der Waals surface area contributed by atoms with Crippen LogP contribution in [-0.2, 0) is 20.7 Å². The minimum atomic E-state index is -0.555. The zero-order chi connectivity index (χ0) is 18.4. The first-order valence-electron chi connectivity index (χ1n) is 8.20. The summed E-state index contributed by atoms with van der Waals surface area (Å²) in [4.78, 5) is 35.9. The van der Waals surface area contributed by atoms with Crippen LogP contribution in [0.4, 0.5) is 4.79 Å². The van der Waals surface area contributed by atoms with E-state index < -0.39 is 24.0 Å². The van der Waals surface area contributed by atoms with Crippen LogP contribution in [0.5, 0.6) is 0 Å². The molecule has 1 aliphatic heterocycles. The third-order valence-electron chi connectivity index (χ3n) is 3.81. The Labute approximate surface area is 146 Å². The van der Waals surface area contributed by atoms with Gasteiger partial charge in [-0.15, -0.1) is 0 Å². The molecule has 0 saturated heterocycles. The van der Waals surface area contributed by atoms with Crippen LogP contribution in [0.2, 0.25) is 0 Å². The number of carbonyl (C=O) groups is 3. The van der Waals surface area contributed by atoms with Crippen molar-refractivity contribution in [3.05, 3.63) is 46.7 Å². The summed E-state index contributed by atoms with van der Waals surface area (Å²) in [7, 11) is 0. The first-order chi connectivity index (χ1) is 12.0. The topological polar surface area (TPSA) is 93.7 Å². The number of nitrogens with one attached hydrogen (secondary N) is 2. The average Bonchev–Trinajstić information content (AvgIpc) is 2.59. The molecular formula is C18H22N2O5. The van der Waals surface area contributed by atoms with Crippen molar-refractivity contribution in [1.29, 1.82) is 0 Å². The highest BCUT2D eigenvalue weighted by Crippen LogP contribution is 2.15. The van der Waals surface area contributed by atoms with Gasteiger partial charge in [0.1, 0.15) is 6.61 Å². The molecule has 2 amide bonds. The number of ether oxygens (including phenoxy) is 2. The molecule has 2 N–H and O–H groups in total. The van der Waals surface area contributed by atoms with Crippen molar-refractivity contribution in [1.82, 2.24) is 10.6 Å². The monoisotopic (exact) mass is 346 g/mol. The maximum absolute atomic E-state index is 12.2. The van der Waals surface area contributed by atoms with Crippen LogP contribution in [0, 0.1) is 0 Å². The van der Waals surface area contributed by atoms with Gasteiger partial charge in [-0.2, -0.15) is 0 Å². The Kier molecular flexibility index (Phi) is 6.16. The lowest BCUT2D eigenvalue weighted by Crippen LogP contribution is -2.50. The number of carbonyl (C=O) groups excluding carboxylic acids is 3. The van der Waals surface area contributed by atoms with E-state index in [9.17, 15) is 14.4 Å². The quantitative estimate of drug-likeness (QED) is 0.768. The molecule has 0 fully saturated rings. The fourth-order valence-electron chi connectivity index (χ4n) is 2.49. The number of esters is 2. The molecule has 2 rings (SSSR count). The van der Waals surface area contributed by atoms with Crippen LogP contribution in [0.1, 0.15) is 36.7 Å². The van der Waals surface area contributed by atoms with Crippen LogP contribution >= 0.6 is 0 Å². The molecule has 7 nitrogen and oxygen atoms in total. The largest absolute Gasteiger partial charge is 0.463 e. The Hall–Kier alpha value is -2.83. The molecule has 0 spiro atoms. The summed E-state index contributed by atoms with van der Waals surface area (Å²) in [6.45, 7) is 5.37. The van der Waals surface area contributed by atoms with E-state index in [0.29, 0.717) is 5.56 Å². The van der Waals surface area contributed by atoms with Gasteiger partial charge in [0.15, 0.2) is 0 Å². The summed E-state index contributed by atoms with van der Waals surface area (Å²) < 4.78 is 10.3. The lowest BCUT2D eigenvalue weighted by molar-refractivity contribution is -0.139. The normalized spacial score (nSPS) is 16.8. The van der Waals surface area contributed by atoms with E-state index in [0.717, 1.165) is 12.0 Å². The van der Waals surface area contributed by atoms with Crippen LogP contribution in [0.3, 0.4) is 0 Å². The predicted molar refractivity (Wildman–Crippen MR) is 90.9 cm³/mol. The summed E-state index contributed by atoms with van der Waals surface area (Å²) in [5, 5.41) is 5.09. The summed E-state index contributed by atoms with van der Waals surface area (Å²) in [5.41, 5.74) is 2.00. The molecule has 134 valence electrons. The maximum Gasteiger partial charge on any atom is 0.338 e. The van der Waals surface area contributed by atoms with Crippen LogP contribution in [-0.4, -0.2) is 37.2 Å². The van der Waals surface area contributed by atoms with Gasteiger partial charge >= 0.3 is 18.0 Å². The highest BCUT2D eigenvalue weighted by Gasteiger charge is 2.30. The second-order valence-corrected chi connectivity index (χ2v) is 5.56. The van der Waals surface area contributed by atoms with Crippen LogP contribution < -0.4 is 10.6 Å². The van der Waals surface area contributed by atoms with Crippen LogP contribution in [0.25, 0.3) is 0 Å². The minimum absolute atomic E-state index is 0.208. The molecule has 1 heterocycles. The molecule has 0 saturated carbocycles. The van der Waals surface area contributed by atoms with E-state index in [1.165, 1.54) is 0 Å². The third-order valence-corrected chi connectivity index (χ3v) is 3.81. The van der Waals surface area contributed by atoms with Gasteiger partial charge in [0, 0.05) is 0 Å². The number of amides is 2. The fourth-order valence-corrected chi connectivity index (χ4v) is 2.49. The summed E-state index contributed by atoms with van der Waals surface area (Å²) >= 11 is 0. The molecule has 1 aromatic carbocycles.